The molecule has 36 heavy (non-hydrogen) atoms. The molecule has 0 radical (unpaired) electrons. The molecule has 4 rings (SSSR count). The van der Waals surface area contributed by atoms with Gasteiger partial charge in [-0.3, -0.25) is 9.10 Å². The summed E-state index contributed by atoms with van der Waals surface area (Å²) >= 11 is 12.3. The maximum atomic E-state index is 13.5. The molecule has 0 aromatic heterocycles. The summed E-state index contributed by atoms with van der Waals surface area (Å²) in [4.78, 5) is 11.1. The molecule has 1 N–H and O–H groups in total. The van der Waals surface area contributed by atoms with Gasteiger partial charge >= 0.3 is 12.1 Å². The van der Waals surface area contributed by atoms with Crippen molar-refractivity contribution >= 4 is 44.9 Å². The molecule has 1 heterocycles. The number of hydrogen-bond acceptors (Lipinski definition) is 4. The fourth-order valence-electron chi connectivity index (χ4n) is 3.85. The van der Waals surface area contributed by atoms with Crippen LogP contribution in [0.5, 0.6) is 5.75 Å². The lowest BCUT2D eigenvalue weighted by Crippen LogP contribution is -2.42. The van der Waals surface area contributed by atoms with Crippen LogP contribution >= 0.6 is 23.2 Å². The molecule has 6 nitrogen and oxygen atoms in total. The average molecular weight is 560 g/mol. The van der Waals surface area contributed by atoms with Crippen molar-refractivity contribution in [2.75, 3.05) is 10.8 Å². The minimum absolute atomic E-state index is 0.0323. The first-order valence-electron chi connectivity index (χ1n) is 10.5. The number of sulfonamides is 1. The van der Waals surface area contributed by atoms with Crippen molar-refractivity contribution in [1.82, 2.24) is 0 Å². The number of hydrogen-bond donors (Lipinski definition) is 1. The van der Waals surface area contributed by atoms with E-state index in [4.69, 9.17) is 27.9 Å². The van der Waals surface area contributed by atoms with Crippen molar-refractivity contribution in [2.45, 2.75) is 24.1 Å². The summed E-state index contributed by atoms with van der Waals surface area (Å²) in [6.45, 7) is -0.490. The number of fused-ring (bicyclic) bond motifs is 1. The third-order valence-electron chi connectivity index (χ3n) is 5.72. The molecule has 1 unspecified atom stereocenters. The van der Waals surface area contributed by atoms with Gasteiger partial charge in [-0.25, -0.2) is 8.42 Å². The van der Waals surface area contributed by atoms with E-state index in [2.05, 4.69) is 0 Å². The highest BCUT2D eigenvalue weighted by Crippen LogP contribution is 2.38. The van der Waals surface area contributed by atoms with Crippen LogP contribution in [0.25, 0.3) is 0 Å². The lowest BCUT2D eigenvalue weighted by atomic mass is 9.94. The van der Waals surface area contributed by atoms with E-state index in [1.807, 2.05) is 0 Å². The Hall–Kier alpha value is -2.95. The first-order valence-corrected chi connectivity index (χ1v) is 12.7. The van der Waals surface area contributed by atoms with E-state index in [0.29, 0.717) is 27.2 Å². The van der Waals surface area contributed by atoms with Gasteiger partial charge in [-0.1, -0.05) is 41.4 Å². The summed E-state index contributed by atoms with van der Waals surface area (Å²) in [5.41, 5.74) is -0.109. The highest BCUT2D eigenvalue weighted by Gasteiger charge is 2.38. The number of rotatable bonds is 6. The van der Waals surface area contributed by atoms with E-state index in [1.165, 1.54) is 12.1 Å². The van der Waals surface area contributed by atoms with E-state index in [1.54, 1.807) is 24.3 Å². The number of anilines is 1. The smallest absolute Gasteiger partial charge is 0.416 e. The Morgan fingerprint density at radius 1 is 1.06 bits per heavy atom. The first-order chi connectivity index (χ1) is 16.9. The molecule has 0 spiro atoms. The molecule has 12 heteroatoms. The van der Waals surface area contributed by atoms with E-state index in [0.717, 1.165) is 22.5 Å². The van der Waals surface area contributed by atoms with Crippen molar-refractivity contribution in [3.63, 3.8) is 0 Å². The summed E-state index contributed by atoms with van der Waals surface area (Å²) in [6.07, 6.45) is -4.72. The maximum Gasteiger partial charge on any atom is 0.416 e. The van der Waals surface area contributed by atoms with Crippen LogP contribution < -0.4 is 9.04 Å². The molecule has 0 aliphatic carbocycles. The summed E-state index contributed by atoms with van der Waals surface area (Å²) in [5.74, 6) is -2.08. The van der Waals surface area contributed by atoms with Gasteiger partial charge in [-0.05, 0) is 48.4 Å². The lowest BCUT2D eigenvalue weighted by molar-refractivity contribution is -0.141. The molecule has 0 fully saturated rings. The van der Waals surface area contributed by atoms with E-state index in [-0.39, 0.29) is 24.5 Å². The van der Waals surface area contributed by atoms with Crippen molar-refractivity contribution in [3.05, 3.63) is 87.4 Å². The van der Waals surface area contributed by atoms with Gasteiger partial charge in [-0.2, -0.15) is 13.2 Å². The zero-order valence-electron chi connectivity index (χ0n) is 18.3. The van der Waals surface area contributed by atoms with Gasteiger partial charge in [0.05, 0.1) is 22.1 Å². The highest BCUT2D eigenvalue weighted by molar-refractivity contribution is 7.92. The number of halogens is 5. The van der Waals surface area contributed by atoms with Gasteiger partial charge in [0, 0.05) is 28.2 Å². The highest BCUT2D eigenvalue weighted by atomic mass is 35.5. The van der Waals surface area contributed by atoms with Crippen LogP contribution in [0.1, 0.15) is 16.7 Å². The van der Waals surface area contributed by atoms with Crippen LogP contribution in [-0.2, 0) is 34.0 Å². The Morgan fingerprint density at radius 3 is 2.36 bits per heavy atom. The molecule has 1 aliphatic heterocycles. The van der Waals surface area contributed by atoms with Crippen LogP contribution in [0.15, 0.2) is 65.6 Å². The topological polar surface area (TPSA) is 83.9 Å². The minimum atomic E-state index is -4.75. The number of carbonyl (C=O) groups is 1. The van der Waals surface area contributed by atoms with Gasteiger partial charge in [-0.15, -0.1) is 0 Å². The molecule has 1 aliphatic rings. The first kappa shape index (κ1) is 26.1. The quantitative estimate of drug-likeness (QED) is 0.398. The van der Waals surface area contributed by atoms with Crippen LogP contribution in [-0.4, -0.2) is 26.0 Å². The third-order valence-corrected chi connectivity index (χ3v) is 8.21. The van der Waals surface area contributed by atoms with Crippen molar-refractivity contribution in [1.29, 1.82) is 0 Å². The molecule has 190 valence electrons. The van der Waals surface area contributed by atoms with Gasteiger partial charge < -0.3 is 9.84 Å². The molecule has 0 saturated carbocycles. The molecule has 0 amide bonds. The lowest BCUT2D eigenvalue weighted by Gasteiger charge is -2.34. The Labute approximate surface area is 214 Å². The predicted molar refractivity (Wildman–Crippen MR) is 128 cm³/mol. The summed E-state index contributed by atoms with van der Waals surface area (Å²) < 4.78 is 73.2. The number of aliphatic carboxylic acids is 1. The monoisotopic (exact) mass is 559 g/mol. The van der Waals surface area contributed by atoms with Gasteiger partial charge in [0.1, 0.15) is 12.4 Å². The SMILES string of the molecule is O=C(O)C1Cc2ccc(OCc3c(Cl)cccc3Cl)cc2N(S(=O)(=O)c2cccc(C(F)(F)F)c2)C1. The van der Waals surface area contributed by atoms with E-state index in [9.17, 15) is 31.5 Å². The summed E-state index contributed by atoms with van der Waals surface area (Å²) in [5, 5.41) is 10.3. The standard InChI is InChI=1S/C24H18Cl2F3NO5S/c25-20-5-2-6-21(26)19(20)13-35-17-8-7-14-9-15(23(31)32)12-30(22(14)11-17)36(33,34)18-4-1-3-16(10-18)24(27,28)29/h1-8,10-11,15H,9,12-13H2,(H,31,32). The second kappa shape index (κ2) is 9.84. The molecular weight excluding hydrogens is 542 g/mol. The third kappa shape index (κ3) is 5.25. The largest absolute Gasteiger partial charge is 0.489 e. The fraction of sp³-hybridized carbons (Fsp3) is 0.208. The van der Waals surface area contributed by atoms with E-state index < -0.39 is 45.1 Å². The van der Waals surface area contributed by atoms with Crippen molar-refractivity contribution in [2.24, 2.45) is 5.92 Å². The summed E-state index contributed by atoms with van der Waals surface area (Å²) in [6, 6.07) is 12.7. The fourth-order valence-corrected chi connectivity index (χ4v) is 5.94. The van der Waals surface area contributed by atoms with Gasteiger partial charge in [0.25, 0.3) is 10.0 Å². The molecule has 0 bridgehead atoms. The molecule has 1 atom stereocenters. The van der Waals surface area contributed by atoms with Crippen LogP contribution in [0, 0.1) is 5.92 Å². The number of alkyl halides is 3. The van der Waals surface area contributed by atoms with Crippen molar-refractivity contribution < 1.29 is 36.2 Å². The zero-order valence-corrected chi connectivity index (χ0v) is 20.6. The van der Waals surface area contributed by atoms with Crippen LogP contribution in [0.4, 0.5) is 18.9 Å². The van der Waals surface area contributed by atoms with Crippen molar-refractivity contribution in [3.8, 4) is 5.75 Å². The van der Waals surface area contributed by atoms with Gasteiger partial charge in [0.2, 0.25) is 0 Å². The molecular formula is C24H18Cl2F3NO5S. The second-order valence-corrected chi connectivity index (χ2v) is 10.8. The maximum absolute atomic E-state index is 13.5. The minimum Gasteiger partial charge on any atom is -0.489 e. The Bertz CT molecular complexity index is 1410. The predicted octanol–water partition coefficient (Wildman–Crippen LogP) is 6.04. The van der Waals surface area contributed by atoms with Crippen LogP contribution in [0.3, 0.4) is 0 Å². The number of carboxylic acids is 1. The number of ether oxygens (including phenoxy) is 1. The second-order valence-electron chi connectivity index (χ2n) is 8.08. The average Bonchev–Trinajstić information content (AvgIpc) is 2.82. The molecule has 0 saturated heterocycles. The van der Waals surface area contributed by atoms with Gasteiger partial charge in [0.15, 0.2) is 0 Å². The van der Waals surface area contributed by atoms with E-state index >= 15 is 0 Å². The Balaban J connectivity index is 1.73. The normalized spacial score (nSPS) is 15.9. The molecule has 3 aromatic rings. The number of carboxylic acid groups (broad SMARTS) is 1. The van der Waals surface area contributed by atoms with Crippen LogP contribution in [0.2, 0.25) is 10.0 Å². The molecule has 3 aromatic carbocycles. The number of nitrogens with zero attached hydrogens (tertiary/aromatic N) is 1. The Morgan fingerprint density at radius 2 is 1.72 bits per heavy atom. The number of benzene rings is 3. The zero-order chi connectivity index (χ0) is 26.3. The summed E-state index contributed by atoms with van der Waals surface area (Å²) in [7, 11) is -4.55. The Kier molecular flexibility index (Phi) is 7.14.